The Kier molecular flexibility index (Phi) is 7.35. The van der Waals surface area contributed by atoms with Gasteiger partial charge in [0.15, 0.2) is 5.69 Å². The number of thioether (sulfide) groups is 1. The quantitative estimate of drug-likeness (QED) is 0.513. The molecule has 7 nitrogen and oxygen atoms in total. The number of rotatable bonds is 6. The third kappa shape index (κ3) is 4.68. The number of esters is 2. The fraction of sp³-hybridized carbons (Fsp3) is 0.250. The number of fused-ring (bicyclic) bond motifs is 1. The number of nitrogens with zero attached hydrogens (tertiary/aromatic N) is 1. The average molecular weight is 505 g/mol. The first-order chi connectivity index (χ1) is 17.3. The van der Waals surface area contributed by atoms with E-state index in [0.717, 1.165) is 28.5 Å². The van der Waals surface area contributed by atoms with E-state index in [9.17, 15) is 14.4 Å². The number of aryl methyl sites for hydroxylation is 2. The summed E-state index contributed by atoms with van der Waals surface area (Å²) in [4.78, 5) is 40.4. The molecule has 1 aromatic heterocycles. The van der Waals surface area contributed by atoms with Crippen molar-refractivity contribution in [2.24, 2.45) is 0 Å². The number of nitrogens with two attached hydrogens (primary N) is 1. The summed E-state index contributed by atoms with van der Waals surface area (Å²) < 4.78 is 11.9. The van der Waals surface area contributed by atoms with E-state index in [-0.39, 0.29) is 40.8 Å². The van der Waals surface area contributed by atoms with E-state index in [1.54, 1.807) is 19.9 Å². The topological polar surface area (TPSA) is 101 Å². The molecule has 8 heteroatoms. The van der Waals surface area contributed by atoms with Crippen molar-refractivity contribution >= 4 is 46.3 Å². The van der Waals surface area contributed by atoms with Gasteiger partial charge in [-0.05, 0) is 44.9 Å². The van der Waals surface area contributed by atoms with Gasteiger partial charge in [0.05, 0.1) is 24.3 Å². The van der Waals surface area contributed by atoms with Crippen LogP contribution in [0.2, 0.25) is 0 Å². The Bertz CT molecular complexity index is 1450. The molecular weight excluding hydrogens is 476 g/mol. The van der Waals surface area contributed by atoms with E-state index in [4.69, 9.17) is 15.2 Å². The first-order valence-corrected chi connectivity index (χ1v) is 12.6. The number of nitrogen functional groups attached to an aromatic ring is 1. The fourth-order valence-corrected chi connectivity index (χ4v) is 5.27. The number of carbonyl (C=O) groups excluding carboxylic acids is 3. The van der Waals surface area contributed by atoms with Crippen LogP contribution in [0.4, 0.5) is 5.69 Å². The third-order valence-corrected chi connectivity index (χ3v) is 7.15. The van der Waals surface area contributed by atoms with E-state index >= 15 is 0 Å². The molecule has 0 aliphatic carbocycles. The molecule has 0 bridgehead atoms. The summed E-state index contributed by atoms with van der Waals surface area (Å²) in [6.07, 6.45) is 1.77. The molecule has 0 saturated heterocycles. The summed E-state index contributed by atoms with van der Waals surface area (Å²) in [6, 6.07) is 15.2. The van der Waals surface area contributed by atoms with Crippen LogP contribution in [0.15, 0.2) is 48.5 Å². The smallest absolute Gasteiger partial charge is 0.357 e. The van der Waals surface area contributed by atoms with Crippen LogP contribution >= 0.6 is 11.8 Å². The third-order valence-electron chi connectivity index (χ3n) is 5.84. The second-order valence-corrected chi connectivity index (χ2v) is 9.55. The summed E-state index contributed by atoms with van der Waals surface area (Å²) in [5.74, 6) is -1.70. The van der Waals surface area contributed by atoms with Gasteiger partial charge in [0, 0.05) is 5.22 Å². The predicted molar refractivity (Wildman–Crippen MR) is 141 cm³/mol. The van der Waals surface area contributed by atoms with Gasteiger partial charge in [-0.25, -0.2) is 9.59 Å². The van der Waals surface area contributed by atoms with Gasteiger partial charge in [-0.2, -0.15) is 0 Å². The molecule has 1 aliphatic heterocycles. The van der Waals surface area contributed by atoms with Crippen LogP contribution in [-0.2, 0) is 14.3 Å². The van der Waals surface area contributed by atoms with Crippen molar-refractivity contribution in [1.29, 1.82) is 0 Å². The van der Waals surface area contributed by atoms with Gasteiger partial charge >= 0.3 is 11.9 Å². The molecule has 36 heavy (non-hydrogen) atoms. The molecule has 0 spiro atoms. The number of hydrogen-bond donors (Lipinski definition) is 1. The molecule has 3 aromatic rings. The molecule has 4 rings (SSSR count). The normalized spacial score (nSPS) is 15.6. The lowest BCUT2D eigenvalue weighted by Crippen LogP contribution is -2.42. The Balaban J connectivity index is 2.08. The molecule has 2 heterocycles. The minimum absolute atomic E-state index is 0.0735. The van der Waals surface area contributed by atoms with E-state index in [2.05, 4.69) is 0 Å². The molecule has 1 atom stereocenters. The lowest BCUT2D eigenvalue weighted by Gasteiger charge is -2.23. The van der Waals surface area contributed by atoms with Crippen LogP contribution in [-0.4, -0.2) is 35.6 Å². The summed E-state index contributed by atoms with van der Waals surface area (Å²) in [5.41, 5.74) is 10.1. The zero-order valence-electron chi connectivity index (χ0n) is 20.7. The Morgan fingerprint density at radius 3 is 2.08 bits per heavy atom. The van der Waals surface area contributed by atoms with Crippen LogP contribution in [0.3, 0.4) is 0 Å². The molecule has 0 amide bonds. The number of aromatic nitrogens is 1. The van der Waals surface area contributed by atoms with Crippen molar-refractivity contribution in [3.8, 4) is 0 Å². The standard InChI is InChI=1S/C28H28N2O5S/c1-5-34-27(32)23-21(29)20(15-18-11-7-16(3)8-12-18)22-25(28(33)35-6-2)36-24(26(31)30(22)23)19-13-9-17(4)10-14-19/h7-15,24H,5-6,29H2,1-4H3/b20-15+/t24-/m0/s1. The Labute approximate surface area is 213 Å². The van der Waals surface area contributed by atoms with Gasteiger partial charge < -0.3 is 15.2 Å². The Hall–Kier alpha value is -3.78. The van der Waals surface area contributed by atoms with Gasteiger partial charge in [-0.3, -0.25) is 9.36 Å². The number of ether oxygens (including phenoxy) is 2. The fourth-order valence-electron chi connectivity index (χ4n) is 4.06. The van der Waals surface area contributed by atoms with Gasteiger partial charge in [0.25, 0.3) is 0 Å². The first kappa shape index (κ1) is 25.3. The maximum Gasteiger partial charge on any atom is 0.357 e. The molecule has 0 radical (unpaired) electrons. The molecular formula is C28H28N2O5S. The molecule has 0 saturated carbocycles. The van der Waals surface area contributed by atoms with Crippen molar-refractivity contribution in [3.05, 3.63) is 87.0 Å². The van der Waals surface area contributed by atoms with Crippen molar-refractivity contribution in [3.63, 3.8) is 0 Å². The molecule has 186 valence electrons. The highest BCUT2D eigenvalue weighted by Crippen LogP contribution is 2.39. The predicted octanol–water partition coefficient (Wildman–Crippen LogP) is 3.49. The van der Waals surface area contributed by atoms with Crippen LogP contribution < -0.4 is 16.3 Å². The van der Waals surface area contributed by atoms with Gasteiger partial charge in [-0.15, -0.1) is 0 Å². The number of anilines is 1. The van der Waals surface area contributed by atoms with E-state index in [1.165, 1.54) is 4.57 Å². The Morgan fingerprint density at radius 1 is 0.944 bits per heavy atom. The number of hydrogen-bond acceptors (Lipinski definition) is 7. The van der Waals surface area contributed by atoms with Crippen LogP contribution in [0.5, 0.6) is 0 Å². The number of benzene rings is 2. The van der Waals surface area contributed by atoms with Crippen molar-refractivity contribution < 1.29 is 23.9 Å². The summed E-state index contributed by atoms with van der Waals surface area (Å²) in [7, 11) is 0. The largest absolute Gasteiger partial charge is 0.462 e. The first-order valence-electron chi connectivity index (χ1n) is 11.7. The zero-order valence-corrected chi connectivity index (χ0v) is 21.5. The van der Waals surface area contributed by atoms with Crippen LogP contribution in [0.1, 0.15) is 56.6 Å². The molecule has 0 unspecified atom stereocenters. The maximum absolute atomic E-state index is 13.9. The van der Waals surface area contributed by atoms with Gasteiger partial charge in [-0.1, -0.05) is 71.4 Å². The summed E-state index contributed by atoms with van der Waals surface area (Å²) >= 11 is 1.11. The summed E-state index contributed by atoms with van der Waals surface area (Å²) in [5, 5.41) is -0.134. The number of carbonyl (C=O) groups is 3. The SMILES string of the molecule is CCOC(=O)C1=c2/c(=C/c3ccc(C)cc3)c(N)c(C(=O)OCC)n2C(=O)[C@H](c2ccc(C)cc2)S1. The highest BCUT2D eigenvalue weighted by molar-refractivity contribution is 8.10. The average Bonchev–Trinajstić information content (AvgIpc) is 3.14. The Morgan fingerprint density at radius 2 is 1.50 bits per heavy atom. The minimum atomic E-state index is -0.773. The molecule has 0 fully saturated rings. The van der Waals surface area contributed by atoms with Gasteiger partial charge in [0.1, 0.15) is 10.2 Å². The van der Waals surface area contributed by atoms with Crippen molar-refractivity contribution in [2.75, 3.05) is 18.9 Å². The lowest BCUT2D eigenvalue weighted by atomic mass is 10.1. The molecule has 2 aromatic carbocycles. The minimum Gasteiger partial charge on any atom is -0.462 e. The van der Waals surface area contributed by atoms with E-state index in [1.807, 2.05) is 62.4 Å². The monoisotopic (exact) mass is 504 g/mol. The van der Waals surface area contributed by atoms with E-state index < -0.39 is 17.2 Å². The second kappa shape index (κ2) is 10.5. The summed E-state index contributed by atoms with van der Waals surface area (Å²) in [6.45, 7) is 7.58. The van der Waals surface area contributed by atoms with Crippen molar-refractivity contribution in [1.82, 2.24) is 4.57 Å². The zero-order chi connectivity index (χ0) is 26.0. The molecule has 1 aliphatic rings. The maximum atomic E-state index is 13.9. The van der Waals surface area contributed by atoms with Crippen molar-refractivity contribution in [2.45, 2.75) is 32.9 Å². The lowest BCUT2D eigenvalue weighted by molar-refractivity contribution is -0.135. The highest BCUT2D eigenvalue weighted by Gasteiger charge is 2.38. The van der Waals surface area contributed by atoms with E-state index in [0.29, 0.717) is 10.8 Å². The molecule has 2 N–H and O–H groups in total. The second-order valence-electron chi connectivity index (χ2n) is 8.43. The van der Waals surface area contributed by atoms with Crippen LogP contribution in [0.25, 0.3) is 11.0 Å². The van der Waals surface area contributed by atoms with Gasteiger partial charge in [0.2, 0.25) is 5.91 Å². The van der Waals surface area contributed by atoms with Crippen LogP contribution in [0, 0.1) is 13.8 Å². The highest BCUT2D eigenvalue weighted by atomic mass is 32.2.